The highest BCUT2D eigenvalue weighted by Gasteiger charge is 2.32. The molecule has 1 aliphatic heterocycles. The number of hydrogen-bond donors (Lipinski definition) is 4. The van der Waals surface area contributed by atoms with Crippen molar-refractivity contribution in [1.82, 2.24) is 10.6 Å². The van der Waals surface area contributed by atoms with Crippen LogP contribution in [0.2, 0.25) is 0 Å². The molecule has 0 aromatic carbocycles. The third-order valence-electron chi connectivity index (χ3n) is 2.66. The third-order valence-corrected chi connectivity index (χ3v) is 2.66. The zero-order valence-corrected chi connectivity index (χ0v) is 9.73. The Morgan fingerprint density at radius 2 is 2.24 bits per heavy atom. The average Bonchev–Trinajstić information content (AvgIpc) is 2.63. The second-order valence-electron chi connectivity index (χ2n) is 4.36. The molecule has 0 radical (unpaired) electrons. The number of carbonyl (C=O) groups excluding carboxylic acids is 1. The number of hydrogen-bond acceptors (Lipinski definition) is 4. The van der Waals surface area contributed by atoms with Crippen molar-refractivity contribution in [3.05, 3.63) is 0 Å². The van der Waals surface area contributed by atoms with Gasteiger partial charge in [0.15, 0.2) is 0 Å². The van der Waals surface area contributed by atoms with Crippen molar-refractivity contribution in [2.24, 2.45) is 0 Å². The Hall–Kier alpha value is -1.34. The number of ether oxygens (including phenoxy) is 1. The minimum Gasteiger partial charge on any atom is -0.480 e. The summed E-state index contributed by atoms with van der Waals surface area (Å²) in [5, 5.41) is 22.5. The summed E-state index contributed by atoms with van der Waals surface area (Å²) in [7, 11) is 0. The van der Waals surface area contributed by atoms with Gasteiger partial charge in [0.2, 0.25) is 0 Å². The molecule has 4 N–H and O–H groups in total. The summed E-state index contributed by atoms with van der Waals surface area (Å²) in [5.74, 6) is -1.16. The number of aliphatic hydroxyl groups excluding tert-OH is 1. The van der Waals surface area contributed by atoms with E-state index in [9.17, 15) is 9.59 Å². The minimum absolute atomic E-state index is 0.0179. The predicted molar refractivity (Wildman–Crippen MR) is 58.6 cm³/mol. The molecule has 0 aliphatic carbocycles. The quantitative estimate of drug-likeness (QED) is 0.513. The Kier molecular flexibility index (Phi) is 4.71. The van der Waals surface area contributed by atoms with Crippen molar-refractivity contribution in [1.29, 1.82) is 0 Å². The van der Waals surface area contributed by atoms with Crippen LogP contribution in [0.3, 0.4) is 0 Å². The lowest BCUT2D eigenvalue weighted by Gasteiger charge is -2.25. The predicted octanol–water partition coefficient (Wildman–Crippen LogP) is -0.700. The van der Waals surface area contributed by atoms with E-state index in [2.05, 4.69) is 10.6 Å². The molecular formula is C10H18N2O5. The maximum absolute atomic E-state index is 11.6. The van der Waals surface area contributed by atoms with E-state index < -0.39 is 23.6 Å². The highest BCUT2D eigenvalue weighted by Crippen LogP contribution is 2.17. The summed E-state index contributed by atoms with van der Waals surface area (Å²) >= 11 is 0. The minimum atomic E-state index is -1.16. The number of amides is 2. The summed E-state index contributed by atoms with van der Waals surface area (Å²) in [6.45, 7) is 2.53. The molecule has 0 spiro atoms. The van der Waals surface area contributed by atoms with Gasteiger partial charge in [-0.15, -0.1) is 0 Å². The molecular weight excluding hydrogens is 228 g/mol. The van der Waals surface area contributed by atoms with E-state index in [1.54, 1.807) is 0 Å². The first-order valence-corrected chi connectivity index (χ1v) is 5.47. The van der Waals surface area contributed by atoms with E-state index in [0.29, 0.717) is 19.6 Å². The molecule has 7 nitrogen and oxygen atoms in total. The van der Waals surface area contributed by atoms with Crippen LogP contribution in [0, 0.1) is 0 Å². The molecule has 1 unspecified atom stereocenters. The molecule has 98 valence electrons. The van der Waals surface area contributed by atoms with Crippen molar-refractivity contribution in [3.63, 3.8) is 0 Å². The number of aliphatic hydroxyl groups is 1. The zero-order chi connectivity index (χ0) is 12.9. The monoisotopic (exact) mass is 246 g/mol. The molecule has 1 heterocycles. The smallest absolute Gasteiger partial charge is 0.326 e. The highest BCUT2D eigenvalue weighted by molar-refractivity contribution is 5.82. The summed E-state index contributed by atoms with van der Waals surface area (Å²) in [6.07, 6.45) is 0.675. The van der Waals surface area contributed by atoms with Crippen molar-refractivity contribution in [2.45, 2.75) is 31.3 Å². The molecule has 2 amide bonds. The molecule has 1 fully saturated rings. The molecule has 1 saturated heterocycles. The largest absolute Gasteiger partial charge is 0.480 e. The summed E-state index contributed by atoms with van der Waals surface area (Å²) in [4.78, 5) is 22.3. The third kappa shape index (κ3) is 4.20. The Labute approximate surface area is 99.1 Å². The van der Waals surface area contributed by atoms with Crippen molar-refractivity contribution >= 4 is 12.0 Å². The van der Waals surface area contributed by atoms with E-state index in [-0.39, 0.29) is 13.0 Å². The van der Waals surface area contributed by atoms with E-state index in [4.69, 9.17) is 14.9 Å². The lowest BCUT2D eigenvalue weighted by molar-refractivity contribution is -0.139. The van der Waals surface area contributed by atoms with Gasteiger partial charge in [-0.05, 0) is 13.3 Å². The van der Waals surface area contributed by atoms with Crippen molar-refractivity contribution < 1.29 is 24.5 Å². The summed E-state index contributed by atoms with van der Waals surface area (Å²) < 4.78 is 5.16. The van der Waals surface area contributed by atoms with Crippen LogP contribution in [0.25, 0.3) is 0 Å². The number of carboxylic acids is 1. The fourth-order valence-corrected chi connectivity index (χ4v) is 1.62. The van der Waals surface area contributed by atoms with Crippen LogP contribution in [0.5, 0.6) is 0 Å². The highest BCUT2D eigenvalue weighted by atomic mass is 16.5. The Bertz CT molecular complexity index is 288. The van der Waals surface area contributed by atoms with Crippen LogP contribution in [0.1, 0.15) is 19.8 Å². The lowest BCUT2D eigenvalue weighted by Crippen LogP contribution is -2.54. The number of urea groups is 1. The fraction of sp³-hybridized carbons (Fsp3) is 0.800. The molecule has 1 rings (SSSR count). The average molecular weight is 246 g/mol. The van der Waals surface area contributed by atoms with Gasteiger partial charge in [0, 0.05) is 19.6 Å². The molecule has 7 heteroatoms. The van der Waals surface area contributed by atoms with Gasteiger partial charge < -0.3 is 25.6 Å². The molecule has 0 bridgehead atoms. The van der Waals surface area contributed by atoms with Gasteiger partial charge in [0.25, 0.3) is 0 Å². The van der Waals surface area contributed by atoms with E-state index in [0.717, 1.165) is 0 Å². The lowest BCUT2D eigenvalue weighted by atomic mass is 10.0. The first-order chi connectivity index (χ1) is 7.97. The number of rotatable bonds is 5. The fourth-order valence-electron chi connectivity index (χ4n) is 1.62. The zero-order valence-electron chi connectivity index (χ0n) is 9.73. The van der Waals surface area contributed by atoms with Crippen LogP contribution in [-0.2, 0) is 9.53 Å². The number of carbonyl (C=O) groups is 2. The van der Waals surface area contributed by atoms with Gasteiger partial charge in [0.1, 0.15) is 6.04 Å². The second kappa shape index (κ2) is 5.83. The van der Waals surface area contributed by atoms with Gasteiger partial charge in [-0.2, -0.15) is 0 Å². The second-order valence-corrected chi connectivity index (χ2v) is 4.36. The van der Waals surface area contributed by atoms with Crippen LogP contribution in [0.15, 0.2) is 0 Å². The van der Waals surface area contributed by atoms with Crippen LogP contribution in [-0.4, -0.2) is 53.6 Å². The van der Waals surface area contributed by atoms with Crippen LogP contribution in [0.4, 0.5) is 4.79 Å². The van der Waals surface area contributed by atoms with Gasteiger partial charge >= 0.3 is 12.0 Å². The summed E-state index contributed by atoms with van der Waals surface area (Å²) in [5.41, 5.74) is -0.452. The van der Waals surface area contributed by atoms with Gasteiger partial charge in [0.05, 0.1) is 12.1 Å². The molecule has 17 heavy (non-hydrogen) atoms. The SMILES string of the molecule is CC1(NC(=O)N[C@H](CCO)C(=O)O)CCOC1. The topological polar surface area (TPSA) is 108 Å². The first kappa shape index (κ1) is 13.7. The molecule has 0 aromatic heterocycles. The normalized spacial score (nSPS) is 25.3. The molecule has 0 aromatic rings. The number of carboxylic acid groups (broad SMARTS) is 1. The molecule has 2 atom stereocenters. The molecule has 0 saturated carbocycles. The number of aliphatic carboxylic acids is 1. The molecule has 1 aliphatic rings. The van der Waals surface area contributed by atoms with Gasteiger partial charge in [-0.3, -0.25) is 0 Å². The standard InChI is InChI=1S/C10H18N2O5/c1-10(3-5-17-6-10)12-9(16)11-7(2-4-13)8(14)15/h7,13H,2-6H2,1H3,(H,14,15)(H2,11,12,16)/t7-,10?/m1/s1. The van der Waals surface area contributed by atoms with Crippen LogP contribution >= 0.6 is 0 Å². The Morgan fingerprint density at radius 1 is 1.53 bits per heavy atom. The van der Waals surface area contributed by atoms with Gasteiger partial charge in [-0.1, -0.05) is 0 Å². The van der Waals surface area contributed by atoms with E-state index in [1.807, 2.05) is 6.92 Å². The Morgan fingerprint density at radius 3 is 2.71 bits per heavy atom. The van der Waals surface area contributed by atoms with Crippen LogP contribution < -0.4 is 10.6 Å². The first-order valence-electron chi connectivity index (χ1n) is 5.47. The summed E-state index contributed by atoms with van der Waals surface area (Å²) in [6, 6.07) is -1.63. The van der Waals surface area contributed by atoms with Gasteiger partial charge in [-0.25, -0.2) is 9.59 Å². The van der Waals surface area contributed by atoms with E-state index in [1.165, 1.54) is 0 Å². The maximum atomic E-state index is 11.6. The van der Waals surface area contributed by atoms with Crippen molar-refractivity contribution in [3.8, 4) is 0 Å². The van der Waals surface area contributed by atoms with E-state index >= 15 is 0 Å². The Balaban J connectivity index is 2.44. The number of nitrogens with one attached hydrogen (secondary N) is 2. The van der Waals surface area contributed by atoms with Crippen molar-refractivity contribution in [2.75, 3.05) is 19.8 Å². The maximum Gasteiger partial charge on any atom is 0.326 e.